The molecule has 39 heavy (non-hydrogen) atoms. The summed E-state index contributed by atoms with van der Waals surface area (Å²) in [5.74, 6) is 7.64. The molecule has 1 aliphatic carbocycles. The average molecular weight is 580 g/mol. The lowest BCUT2D eigenvalue weighted by molar-refractivity contribution is -0.126. The number of nitrogens with one attached hydrogen (secondary N) is 1. The minimum Gasteiger partial charge on any atom is -0.471 e. The number of nitrogens with two attached hydrogens (primary N) is 1. The Bertz CT molecular complexity index is 1230. The Morgan fingerprint density at radius 2 is 2.03 bits per heavy atom. The molecule has 0 spiro atoms. The van der Waals surface area contributed by atoms with Gasteiger partial charge in [0.1, 0.15) is 18.3 Å². The van der Waals surface area contributed by atoms with Gasteiger partial charge in [-0.1, -0.05) is 18.5 Å². The van der Waals surface area contributed by atoms with E-state index < -0.39 is 8.53 Å². The van der Waals surface area contributed by atoms with Gasteiger partial charge in [-0.15, -0.1) is 0 Å². The predicted octanol–water partition coefficient (Wildman–Crippen LogP) is 4.36. The molecule has 1 saturated heterocycles. The molecular formula is C25H35ClN7O5P. The molecule has 12 nitrogen and oxygen atoms in total. The van der Waals surface area contributed by atoms with Crippen LogP contribution in [0, 0.1) is 5.92 Å². The molecule has 0 bridgehead atoms. The van der Waals surface area contributed by atoms with Gasteiger partial charge in [0.05, 0.1) is 26.1 Å². The maximum Gasteiger partial charge on any atom is 0.318 e. The van der Waals surface area contributed by atoms with Crippen LogP contribution in [0.5, 0.6) is 5.75 Å². The lowest BCUT2D eigenvalue weighted by Crippen LogP contribution is -2.31. The zero-order valence-electron chi connectivity index (χ0n) is 22.5. The van der Waals surface area contributed by atoms with Crippen molar-refractivity contribution < 1.29 is 23.3 Å². The summed E-state index contributed by atoms with van der Waals surface area (Å²) in [4.78, 5) is 22.2. The first-order valence-corrected chi connectivity index (χ1v) is 14.3. The molecule has 1 aromatic carbocycles. The van der Waals surface area contributed by atoms with E-state index in [1.54, 1.807) is 11.3 Å². The number of imidazole rings is 1. The Balaban J connectivity index is 0.000000826. The Kier molecular flexibility index (Phi) is 9.92. The van der Waals surface area contributed by atoms with Crippen molar-refractivity contribution in [3.8, 4) is 5.75 Å². The second kappa shape index (κ2) is 13.2. The number of rotatable bonds is 11. The van der Waals surface area contributed by atoms with Crippen LogP contribution in [0.3, 0.4) is 0 Å². The molecule has 1 aliphatic heterocycles. The number of carbonyl (C=O) groups is 1. The molecule has 3 heterocycles. The molecule has 0 radical (unpaired) electrons. The Morgan fingerprint density at radius 3 is 2.67 bits per heavy atom. The molecule has 3 aromatic rings. The van der Waals surface area contributed by atoms with E-state index in [1.165, 1.54) is 13.4 Å². The van der Waals surface area contributed by atoms with Gasteiger partial charge >= 0.3 is 8.53 Å². The summed E-state index contributed by atoms with van der Waals surface area (Å²) >= 11 is 6.01. The quantitative estimate of drug-likeness (QED) is 0.145. The van der Waals surface area contributed by atoms with Gasteiger partial charge in [-0.05, 0) is 57.4 Å². The lowest BCUT2D eigenvalue weighted by atomic mass is 10.1. The second-order valence-electron chi connectivity index (χ2n) is 9.77. The number of anilines is 1. The fraction of sp³-hybridized carbons (Fsp3) is 0.520. The van der Waals surface area contributed by atoms with Crippen LogP contribution in [0.1, 0.15) is 46.3 Å². The Labute approximate surface area is 234 Å². The molecule has 212 valence electrons. The minimum atomic E-state index is -1.34. The molecule has 2 fully saturated rings. The zero-order chi connectivity index (χ0) is 28.0. The van der Waals surface area contributed by atoms with Crippen molar-refractivity contribution in [1.29, 1.82) is 0 Å². The topological polar surface area (TPSA) is 139 Å². The van der Waals surface area contributed by atoms with Crippen LogP contribution in [-0.4, -0.2) is 57.9 Å². The number of nitrogens with zero attached hydrogens (tertiary/aromatic N) is 5. The van der Waals surface area contributed by atoms with E-state index in [2.05, 4.69) is 38.6 Å². The van der Waals surface area contributed by atoms with Crippen LogP contribution in [0.2, 0.25) is 5.02 Å². The highest BCUT2D eigenvalue weighted by Gasteiger charge is 2.41. The van der Waals surface area contributed by atoms with Gasteiger partial charge in [0.25, 0.3) is 6.47 Å². The molecule has 0 amide bonds. The predicted molar refractivity (Wildman–Crippen MR) is 149 cm³/mol. The van der Waals surface area contributed by atoms with Crippen molar-refractivity contribution in [2.24, 2.45) is 11.8 Å². The third-order valence-electron chi connectivity index (χ3n) is 6.52. The summed E-state index contributed by atoms with van der Waals surface area (Å²) in [6.07, 6.45) is 6.04. The summed E-state index contributed by atoms with van der Waals surface area (Å²) in [6, 6.07) is 7.32. The normalized spacial score (nSPS) is 22.1. The average Bonchev–Trinajstić information content (AvgIpc) is 3.33. The molecular weight excluding hydrogens is 545 g/mol. The number of benzene rings is 1. The maximum atomic E-state index is 8.95. The number of halogens is 1. The molecule has 4 unspecified atom stereocenters. The largest absolute Gasteiger partial charge is 0.471 e. The van der Waals surface area contributed by atoms with Gasteiger partial charge < -0.3 is 18.5 Å². The summed E-state index contributed by atoms with van der Waals surface area (Å²) < 4.78 is 24.6. The van der Waals surface area contributed by atoms with Crippen molar-refractivity contribution in [3.05, 3.63) is 41.9 Å². The van der Waals surface area contributed by atoms with Crippen LogP contribution in [-0.2, 0) is 18.8 Å². The van der Waals surface area contributed by atoms with Crippen molar-refractivity contribution >= 4 is 43.6 Å². The van der Waals surface area contributed by atoms with E-state index in [0.717, 1.165) is 25.0 Å². The van der Waals surface area contributed by atoms with E-state index in [-0.39, 0.29) is 23.8 Å². The fourth-order valence-electron chi connectivity index (χ4n) is 4.09. The van der Waals surface area contributed by atoms with Gasteiger partial charge in [-0.3, -0.25) is 14.4 Å². The van der Waals surface area contributed by atoms with Crippen LogP contribution in [0.4, 0.5) is 5.82 Å². The van der Waals surface area contributed by atoms with Crippen molar-refractivity contribution in [3.63, 3.8) is 0 Å². The number of methoxy groups -OCH3 is 1. The number of carbonyl (C=O) groups excluding carboxylic acids is 1. The number of hydrogen-bond acceptors (Lipinski definition) is 11. The molecule has 4 atom stereocenters. The van der Waals surface area contributed by atoms with Crippen LogP contribution >= 0.6 is 20.1 Å². The molecule has 5 rings (SSSR count). The Hall–Kier alpha value is -2.60. The number of fused-ring (bicyclic) bond motifs is 1. The van der Waals surface area contributed by atoms with Crippen LogP contribution < -0.4 is 20.5 Å². The minimum absolute atomic E-state index is 0.0625. The highest BCUT2D eigenvalue weighted by Crippen LogP contribution is 2.46. The number of hydrazine groups is 1. The van der Waals surface area contributed by atoms with E-state index in [1.807, 2.05) is 35.8 Å². The molecule has 1 saturated carbocycles. The number of aromatic nitrogens is 4. The van der Waals surface area contributed by atoms with E-state index in [9.17, 15) is 0 Å². The van der Waals surface area contributed by atoms with Crippen LogP contribution in [0.15, 0.2) is 36.9 Å². The summed E-state index contributed by atoms with van der Waals surface area (Å²) in [7, 11) is -0.0235. The first kappa shape index (κ1) is 29.4. The Morgan fingerprint density at radius 1 is 1.31 bits per heavy atom. The molecule has 2 aliphatic rings. The highest BCUT2D eigenvalue weighted by molar-refractivity contribution is 7.45. The summed E-state index contributed by atoms with van der Waals surface area (Å²) in [5, 5.41) is 5.77. The fourth-order valence-corrected chi connectivity index (χ4v) is 5.66. The molecule has 2 aromatic heterocycles. The van der Waals surface area contributed by atoms with Gasteiger partial charge in [-0.2, -0.15) is 0 Å². The van der Waals surface area contributed by atoms with Crippen molar-refractivity contribution in [1.82, 2.24) is 24.6 Å². The van der Waals surface area contributed by atoms with E-state index in [4.69, 9.17) is 36.0 Å². The van der Waals surface area contributed by atoms with Crippen LogP contribution in [0.25, 0.3) is 11.2 Å². The van der Waals surface area contributed by atoms with Gasteiger partial charge in [0.2, 0.25) is 0 Å². The van der Waals surface area contributed by atoms with Gasteiger partial charge in [0, 0.05) is 23.0 Å². The SMILES string of the molecule is CCN(N)c1ncnc2c1ncn2C1OC(COP(NC2(C)CC2)Oc2ccc(Cl)cc2)CC1C.COC=O. The number of ether oxygens (including phenoxy) is 2. The summed E-state index contributed by atoms with van der Waals surface area (Å²) in [5.41, 5.74) is 1.43. The third kappa shape index (κ3) is 7.53. The first-order valence-electron chi connectivity index (χ1n) is 12.7. The van der Waals surface area contributed by atoms with Gasteiger partial charge in [0.15, 0.2) is 17.0 Å². The third-order valence-corrected chi connectivity index (χ3v) is 8.25. The maximum absolute atomic E-state index is 8.95. The number of hydrogen-bond donors (Lipinski definition) is 2. The zero-order valence-corrected chi connectivity index (χ0v) is 24.1. The van der Waals surface area contributed by atoms with Crippen molar-refractivity contribution in [2.75, 3.05) is 25.3 Å². The standard InChI is InChI=1S/C23H31ClN7O3P.C2H4O2/c1-4-31(25)21-19-20(26-13-27-21)30(14-28-19)22-15(2)11-18(33-22)12-32-35(29-23(3)9-10-23)34-17-7-5-16(24)6-8-17;1-4-2-3/h5-8,13-15,18,22,29H,4,9-12,25H2,1-3H3;2H,1H3. The summed E-state index contributed by atoms with van der Waals surface area (Å²) in [6.45, 7) is 7.71. The molecule has 3 N–H and O–H groups in total. The van der Waals surface area contributed by atoms with E-state index in [0.29, 0.717) is 41.6 Å². The van der Waals surface area contributed by atoms with Crippen molar-refractivity contribution in [2.45, 2.75) is 57.9 Å². The van der Waals surface area contributed by atoms with E-state index >= 15 is 0 Å². The lowest BCUT2D eigenvalue weighted by Gasteiger charge is -2.23. The smallest absolute Gasteiger partial charge is 0.318 e. The molecule has 14 heteroatoms. The first-order chi connectivity index (χ1) is 18.8. The second-order valence-corrected chi connectivity index (χ2v) is 11.4. The monoisotopic (exact) mass is 579 g/mol. The van der Waals surface area contributed by atoms with Gasteiger partial charge in [-0.25, -0.2) is 25.9 Å². The highest BCUT2D eigenvalue weighted by atomic mass is 35.5.